The highest BCUT2D eigenvalue weighted by atomic mass is 32.2. The van der Waals surface area contributed by atoms with Crippen LogP contribution in [0.2, 0.25) is 0 Å². The zero-order valence-electron chi connectivity index (χ0n) is 17.8. The summed E-state index contributed by atoms with van der Waals surface area (Å²) < 4.78 is 33.4. The van der Waals surface area contributed by atoms with Crippen molar-refractivity contribution in [3.05, 3.63) is 89.5 Å². The minimum absolute atomic E-state index is 0.112. The summed E-state index contributed by atoms with van der Waals surface area (Å²) in [7, 11) is -3.73. The maximum atomic E-state index is 12.6. The number of rotatable bonds is 8. The summed E-state index contributed by atoms with van der Waals surface area (Å²) in [6.07, 6.45) is 0. The third-order valence-electron chi connectivity index (χ3n) is 4.65. The van der Waals surface area contributed by atoms with Crippen molar-refractivity contribution in [3.63, 3.8) is 0 Å². The highest BCUT2D eigenvalue weighted by Crippen LogP contribution is 2.21. The number of carbonyl (C=O) groups excluding carboxylic acids is 1. The number of benzene rings is 3. The Hall–Kier alpha value is -3.32. The molecule has 0 bridgehead atoms. The molecule has 0 heterocycles. The monoisotopic (exact) mass is 438 g/mol. The zero-order chi connectivity index (χ0) is 22.4. The second kappa shape index (κ2) is 9.66. The first-order chi connectivity index (χ1) is 14.7. The molecule has 0 radical (unpaired) electrons. The lowest BCUT2D eigenvalue weighted by atomic mass is 10.1. The fraction of sp³-hybridized carbons (Fsp3) is 0.208. The minimum atomic E-state index is -3.73. The first-order valence-electron chi connectivity index (χ1n) is 9.91. The maximum absolute atomic E-state index is 12.6. The fourth-order valence-corrected chi connectivity index (χ4v) is 4.26. The molecule has 0 fully saturated rings. The Bertz CT molecular complexity index is 1120. The second-order valence-corrected chi connectivity index (χ2v) is 9.12. The molecule has 31 heavy (non-hydrogen) atoms. The van der Waals surface area contributed by atoms with E-state index in [-0.39, 0.29) is 23.5 Å². The van der Waals surface area contributed by atoms with E-state index in [2.05, 4.69) is 10.0 Å². The van der Waals surface area contributed by atoms with E-state index in [1.165, 1.54) is 24.3 Å². The molecule has 0 saturated heterocycles. The number of amides is 1. The summed E-state index contributed by atoms with van der Waals surface area (Å²) in [5.41, 5.74) is 3.46. The van der Waals surface area contributed by atoms with Crippen molar-refractivity contribution in [3.8, 4) is 5.75 Å². The van der Waals surface area contributed by atoms with Gasteiger partial charge in [-0.3, -0.25) is 9.52 Å². The first kappa shape index (κ1) is 22.4. The molecular weight excluding hydrogens is 412 g/mol. The number of aryl methyl sites for hydroxylation is 2. The Morgan fingerprint density at radius 2 is 1.55 bits per heavy atom. The smallest absolute Gasteiger partial charge is 0.261 e. The second-order valence-electron chi connectivity index (χ2n) is 7.44. The molecule has 3 aromatic carbocycles. The topological polar surface area (TPSA) is 84.5 Å². The van der Waals surface area contributed by atoms with Crippen LogP contribution in [0.25, 0.3) is 0 Å². The van der Waals surface area contributed by atoms with Gasteiger partial charge in [0.2, 0.25) is 0 Å². The van der Waals surface area contributed by atoms with Crippen molar-refractivity contribution in [2.24, 2.45) is 0 Å². The molecule has 1 atom stereocenters. The zero-order valence-corrected chi connectivity index (χ0v) is 18.6. The number of hydrogen-bond acceptors (Lipinski definition) is 4. The number of anilines is 1. The Morgan fingerprint density at radius 1 is 0.935 bits per heavy atom. The molecule has 0 saturated carbocycles. The van der Waals surface area contributed by atoms with Gasteiger partial charge < -0.3 is 10.1 Å². The Morgan fingerprint density at radius 3 is 2.16 bits per heavy atom. The lowest BCUT2D eigenvalue weighted by Crippen LogP contribution is -2.31. The number of hydrogen-bond donors (Lipinski definition) is 2. The van der Waals surface area contributed by atoms with Gasteiger partial charge in [-0.2, -0.15) is 0 Å². The summed E-state index contributed by atoms with van der Waals surface area (Å²) in [5, 5.41) is 2.87. The van der Waals surface area contributed by atoms with Gasteiger partial charge in [0.1, 0.15) is 5.75 Å². The molecule has 0 spiro atoms. The molecule has 3 aromatic rings. The Kier molecular flexibility index (Phi) is 6.97. The van der Waals surface area contributed by atoms with Gasteiger partial charge in [0, 0.05) is 5.69 Å². The van der Waals surface area contributed by atoms with E-state index < -0.39 is 10.0 Å². The van der Waals surface area contributed by atoms with Crippen LogP contribution in [0.5, 0.6) is 5.75 Å². The lowest BCUT2D eigenvalue weighted by Gasteiger charge is -2.15. The van der Waals surface area contributed by atoms with E-state index in [0.717, 1.165) is 16.7 Å². The van der Waals surface area contributed by atoms with E-state index in [9.17, 15) is 13.2 Å². The van der Waals surface area contributed by atoms with Gasteiger partial charge in [0.05, 0.1) is 10.9 Å². The van der Waals surface area contributed by atoms with Crippen LogP contribution in [0.1, 0.15) is 29.7 Å². The first-order valence-corrected chi connectivity index (χ1v) is 11.4. The molecule has 0 aliphatic carbocycles. The normalized spacial score (nSPS) is 12.1. The van der Waals surface area contributed by atoms with Crippen LogP contribution < -0.4 is 14.8 Å². The Balaban J connectivity index is 1.57. The molecule has 162 valence electrons. The van der Waals surface area contributed by atoms with Gasteiger partial charge in [-0.1, -0.05) is 36.4 Å². The van der Waals surface area contributed by atoms with E-state index in [4.69, 9.17) is 4.74 Å². The van der Waals surface area contributed by atoms with Gasteiger partial charge in [-0.15, -0.1) is 0 Å². The van der Waals surface area contributed by atoms with Crippen LogP contribution >= 0.6 is 0 Å². The SMILES string of the molecule is Cc1cc(C)cc(NS(=O)(=O)c2ccc(OCC(=O)N[C@H](C)c3ccccc3)cc2)c1. The van der Waals surface area contributed by atoms with Crippen molar-refractivity contribution >= 4 is 21.6 Å². The van der Waals surface area contributed by atoms with Crippen LogP contribution in [-0.4, -0.2) is 20.9 Å². The van der Waals surface area contributed by atoms with Crippen molar-refractivity contribution in [1.29, 1.82) is 0 Å². The highest BCUT2D eigenvalue weighted by Gasteiger charge is 2.15. The number of ether oxygens (including phenoxy) is 1. The summed E-state index contributed by atoms with van der Waals surface area (Å²) in [5.74, 6) is 0.150. The van der Waals surface area contributed by atoms with Crippen molar-refractivity contribution in [2.75, 3.05) is 11.3 Å². The largest absolute Gasteiger partial charge is 0.484 e. The van der Waals surface area contributed by atoms with Crippen LogP contribution in [-0.2, 0) is 14.8 Å². The van der Waals surface area contributed by atoms with E-state index in [1.54, 1.807) is 12.1 Å². The quantitative estimate of drug-likeness (QED) is 0.547. The fourth-order valence-electron chi connectivity index (χ4n) is 3.22. The molecule has 0 aliphatic rings. The van der Waals surface area contributed by atoms with Gasteiger partial charge >= 0.3 is 0 Å². The third-order valence-corrected chi connectivity index (χ3v) is 6.05. The summed E-state index contributed by atoms with van der Waals surface area (Å²) in [6.45, 7) is 5.56. The van der Waals surface area contributed by atoms with Gasteiger partial charge in [-0.25, -0.2) is 8.42 Å². The number of sulfonamides is 1. The van der Waals surface area contributed by atoms with Gasteiger partial charge in [-0.05, 0) is 73.9 Å². The van der Waals surface area contributed by atoms with Crippen molar-refractivity contribution in [1.82, 2.24) is 5.32 Å². The van der Waals surface area contributed by atoms with Crippen LogP contribution in [0, 0.1) is 13.8 Å². The Labute approximate surface area is 183 Å². The molecule has 0 unspecified atom stereocenters. The molecule has 6 nitrogen and oxygen atoms in total. The average molecular weight is 439 g/mol. The van der Waals surface area contributed by atoms with E-state index in [0.29, 0.717) is 11.4 Å². The maximum Gasteiger partial charge on any atom is 0.261 e. The predicted molar refractivity (Wildman–Crippen MR) is 122 cm³/mol. The standard InChI is InChI=1S/C24H26N2O4S/c1-17-13-18(2)15-21(14-17)26-31(28,29)23-11-9-22(10-12-23)30-16-24(27)25-19(3)20-7-5-4-6-8-20/h4-15,19,26H,16H2,1-3H3,(H,25,27)/t19-/m1/s1. The molecule has 2 N–H and O–H groups in total. The van der Waals surface area contributed by atoms with Crippen LogP contribution in [0.15, 0.2) is 77.7 Å². The lowest BCUT2D eigenvalue weighted by molar-refractivity contribution is -0.123. The average Bonchev–Trinajstić information content (AvgIpc) is 2.72. The predicted octanol–water partition coefficient (Wildman–Crippen LogP) is 4.36. The molecule has 0 aromatic heterocycles. The van der Waals surface area contributed by atoms with E-state index in [1.807, 2.05) is 57.2 Å². The third kappa shape index (κ3) is 6.33. The molecule has 7 heteroatoms. The van der Waals surface area contributed by atoms with Gasteiger partial charge in [0.25, 0.3) is 15.9 Å². The number of nitrogens with one attached hydrogen (secondary N) is 2. The summed E-state index contributed by atoms with van der Waals surface area (Å²) in [4.78, 5) is 12.3. The van der Waals surface area contributed by atoms with Crippen molar-refractivity contribution in [2.45, 2.75) is 31.7 Å². The van der Waals surface area contributed by atoms with Crippen molar-refractivity contribution < 1.29 is 17.9 Å². The minimum Gasteiger partial charge on any atom is -0.484 e. The molecular formula is C24H26N2O4S. The summed E-state index contributed by atoms with van der Waals surface area (Å²) in [6, 6.07) is 21.0. The highest BCUT2D eigenvalue weighted by molar-refractivity contribution is 7.92. The van der Waals surface area contributed by atoms with Crippen LogP contribution in [0.3, 0.4) is 0 Å². The van der Waals surface area contributed by atoms with E-state index >= 15 is 0 Å². The molecule has 3 rings (SSSR count). The molecule has 0 aliphatic heterocycles. The number of carbonyl (C=O) groups is 1. The van der Waals surface area contributed by atoms with Gasteiger partial charge in [0.15, 0.2) is 6.61 Å². The van der Waals surface area contributed by atoms with Crippen LogP contribution in [0.4, 0.5) is 5.69 Å². The molecule has 1 amide bonds. The summed E-state index contributed by atoms with van der Waals surface area (Å²) >= 11 is 0.